The van der Waals surface area contributed by atoms with Crippen molar-refractivity contribution in [2.45, 2.75) is 0 Å². The minimum atomic E-state index is 0.654. The molecule has 0 N–H and O–H groups in total. The van der Waals surface area contributed by atoms with Crippen LogP contribution >= 0.6 is 0 Å². The highest BCUT2D eigenvalue weighted by Crippen LogP contribution is 2.47. The first-order valence-electron chi connectivity index (χ1n) is 20.2. The topological polar surface area (TPSA) is 40.0 Å². The molecule has 272 valence electrons. The van der Waals surface area contributed by atoms with Crippen molar-refractivity contribution in [1.29, 1.82) is 0 Å². The predicted octanol–water partition coefficient (Wildman–Crippen LogP) is 13.8. The largest absolute Gasteiger partial charge is 0.309 e. The molecule has 0 aliphatic carbocycles. The second-order valence-corrected chi connectivity index (χ2v) is 15.7. The maximum absolute atomic E-state index is 5.69. The van der Waals surface area contributed by atoms with Gasteiger partial charge in [0.2, 0.25) is 5.95 Å². The predicted molar refractivity (Wildman–Crippen MR) is 246 cm³/mol. The van der Waals surface area contributed by atoms with Crippen LogP contribution in [0.4, 0.5) is 0 Å². The first-order valence-corrected chi connectivity index (χ1v) is 20.2. The summed E-state index contributed by atoms with van der Waals surface area (Å²) in [6, 6.07) is 68.0. The van der Waals surface area contributed by atoms with Crippen LogP contribution in [0.1, 0.15) is 0 Å². The Labute approximate surface area is 336 Å². The minimum Gasteiger partial charge on any atom is -0.309 e. The monoisotopic (exact) mass is 749 g/mol. The summed E-state index contributed by atoms with van der Waals surface area (Å²) in [6.07, 6.45) is 0. The van der Waals surface area contributed by atoms with Gasteiger partial charge in [-0.1, -0.05) is 140 Å². The molecule has 0 unspecified atom stereocenters. The first-order chi connectivity index (χ1) is 29.3. The summed E-state index contributed by atoms with van der Waals surface area (Å²) in [7, 11) is 0. The lowest BCUT2D eigenvalue weighted by Gasteiger charge is -2.14. The SMILES string of the molecule is c1ccc(-n2c3ccccc3c3ccc(-c4nc(-n5c6c7ccccc7ccc6c6cc7c8ccccc8n8c9ccccc9c(c65)c78)nc5ccccc45)cc32)cc1. The van der Waals surface area contributed by atoms with E-state index in [1.165, 1.54) is 75.9 Å². The number of nitrogens with zero attached hydrogens (tertiary/aromatic N) is 5. The molecule has 14 rings (SSSR count). The number of benzene rings is 9. The molecule has 0 aliphatic heterocycles. The maximum Gasteiger partial charge on any atom is 0.235 e. The van der Waals surface area contributed by atoms with E-state index in [4.69, 9.17) is 9.97 Å². The number of hydrogen-bond acceptors (Lipinski definition) is 2. The summed E-state index contributed by atoms with van der Waals surface area (Å²) >= 11 is 0. The third-order valence-corrected chi connectivity index (χ3v) is 12.7. The van der Waals surface area contributed by atoms with Crippen LogP contribution in [0.25, 0.3) is 126 Å². The zero-order valence-corrected chi connectivity index (χ0v) is 31.6. The van der Waals surface area contributed by atoms with E-state index in [9.17, 15) is 0 Å². The first kappa shape index (κ1) is 31.1. The standard InChI is InChI=1S/C54H31N5/c1-2-15-34(16-3-1)57-45-23-11-7-18-36(45)38-28-27-33(30-48(38)57)50-40-20-6-10-22-44(40)55-54(56-50)59-51-35-17-5-4-14-32(35)26-29-39(51)43-31-42-37-19-8-12-24-46(37)58-47-25-13-9-21-41(47)49(52(42)58)53(43)59/h1-31H. The highest BCUT2D eigenvalue weighted by molar-refractivity contribution is 6.35. The van der Waals surface area contributed by atoms with Crippen molar-refractivity contribution in [3.05, 3.63) is 188 Å². The third-order valence-electron chi connectivity index (χ3n) is 12.7. The Kier molecular flexibility index (Phi) is 5.96. The average Bonchev–Trinajstić information content (AvgIpc) is 4.03. The molecule has 5 aromatic heterocycles. The van der Waals surface area contributed by atoms with Crippen LogP contribution in [0.15, 0.2) is 188 Å². The number of para-hydroxylation sites is 5. The Balaban J connectivity index is 1.16. The Bertz CT molecular complexity index is 4070. The fourth-order valence-corrected chi connectivity index (χ4v) is 10.3. The van der Waals surface area contributed by atoms with Crippen LogP contribution in [-0.2, 0) is 0 Å². The summed E-state index contributed by atoms with van der Waals surface area (Å²) in [5.74, 6) is 0.654. The van der Waals surface area contributed by atoms with E-state index in [0.717, 1.165) is 44.4 Å². The van der Waals surface area contributed by atoms with E-state index in [1.807, 2.05) is 0 Å². The van der Waals surface area contributed by atoms with Crippen LogP contribution in [0.2, 0.25) is 0 Å². The van der Waals surface area contributed by atoms with Crippen LogP contribution in [0.3, 0.4) is 0 Å². The van der Waals surface area contributed by atoms with E-state index in [1.54, 1.807) is 0 Å². The molecular formula is C54H31N5. The molecule has 5 nitrogen and oxygen atoms in total. The molecule has 14 aromatic rings. The van der Waals surface area contributed by atoms with Crippen LogP contribution in [-0.4, -0.2) is 23.5 Å². The molecule has 0 atom stereocenters. The Hall–Kier alpha value is -8.02. The summed E-state index contributed by atoms with van der Waals surface area (Å²) in [4.78, 5) is 11.2. The van der Waals surface area contributed by atoms with Crippen molar-refractivity contribution >= 4 is 103 Å². The van der Waals surface area contributed by atoms with Gasteiger partial charge < -0.3 is 8.97 Å². The molecule has 0 amide bonds. The van der Waals surface area contributed by atoms with Crippen molar-refractivity contribution < 1.29 is 0 Å². The van der Waals surface area contributed by atoms with Gasteiger partial charge in [-0.3, -0.25) is 4.57 Å². The van der Waals surface area contributed by atoms with Crippen LogP contribution < -0.4 is 0 Å². The van der Waals surface area contributed by atoms with Gasteiger partial charge in [0.1, 0.15) is 0 Å². The molecule has 0 saturated heterocycles. The van der Waals surface area contributed by atoms with Crippen LogP contribution in [0.5, 0.6) is 0 Å². The van der Waals surface area contributed by atoms with Gasteiger partial charge in [0.15, 0.2) is 0 Å². The van der Waals surface area contributed by atoms with Crippen molar-refractivity contribution in [2.24, 2.45) is 0 Å². The van der Waals surface area contributed by atoms with E-state index in [2.05, 4.69) is 202 Å². The molecule has 59 heavy (non-hydrogen) atoms. The average molecular weight is 750 g/mol. The molecule has 5 heteroatoms. The number of fused-ring (bicyclic) bond motifs is 16. The molecule has 0 fully saturated rings. The highest BCUT2D eigenvalue weighted by atomic mass is 15.2. The van der Waals surface area contributed by atoms with Gasteiger partial charge in [0, 0.05) is 65.1 Å². The van der Waals surface area contributed by atoms with Crippen molar-refractivity contribution in [3.63, 3.8) is 0 Å². The maximum atomic E-state index is 5.69. The smallest absolute Gasteiger partial charge is 0.235 e. The summed E-state index contributed by atoms with van der Waals surface area (Å²) in [5, 5.41) is 13.1. The molecule has 0 aliphatic rings. The van der Waals surface area contributed by atoms with E-state index in [-0.39, 0.29) is 0 Å². The second-order valence-electron chi connectivity index (χ2n) is 15.7. The molecule has 5 heterocycles. The van der Waals surface area contributed by atoms with Crippen LogP contribution in [0, 0.1) is 0 Å². The second kappa shape index (κ2) is 11.3. The third kappa shape index (κ3) is 4.03. The normalized spacial score (nSPS) is 12.4. The Morgan fingerprint density at radius 2 is 0.949 bits per heavy atom. The quantitative estimate of drug-likeness (QED) is 0.180. The van der Waals surface area contributed by atoms with Gasteiger partial charge in [-0.15, -0.1) is 0 Å². The van der Waals surface area contributed by atoms with Gasteiger partial charge in [-0.05, 0) is 53.9 Å². The molecule has 0 radical (unpaired) electrons. The van der Waals surface area contributed by atoms with Gasteiger partial charge in [-0.2, -0.15) is 0 Å². The Morgan fingerprint density at radius 1 is 0.339 bits per heavy atom. The lowest BCUT2D eigenvalue weighted by atomic mass is 10.0. The number of aromatic nitrogens is 5. The molecule has 0 spiro atoms. The molecule has 0 saturated carbocycles. The summed E-state index contributed by atoms with van der Waals surface area (Å²) in [6.45, 7) is 0. The Morgan fingerprint density at radius 3 is 1.78 bits per heavy atom. The van der Waals surface area contributed by atoms with E-state index in [0.29, 0.717) is 5.95 Å². The number of rotatable bonds is 3. The zero-order valence-electron chi connectivity index (χ0n) is 31.6. The molecular weight excluding hydrogens is 719 g/mol. The lowest BCUT2D eigenvalue weighted by molar-refractivity contribution is 1.02. The summed E-state index contributed by atoms with van der Waals surface area (Å²) < 4.78 is 7.21. The fourth-order valence-electron chi connectivity index (χ4n) is 10.3. The minimum absolute atomic E-state index is 0.654. The lowest BCUT2D eigenvalue weighted by Crippen LogP contribution is -2.04. The van der Waals surface area contributed by atoms with E-state index >= 15 is 0 Å². The fraction of sp³-hybridized carbons (Fsp3) is 0. The number of hydrogen-bond donors (Lipinski definition) is 0. The van der Waals surface area contributed by atoms with Gasteiger partial charge in [0.05, 0.1) is 49.8 Å². The highest BCUT2D eigenvalue weighted by Gasteiger charge is 2.26. The zero-order chi connectivity index (χ0) is 38.3. The van der Waals surface area contributed by atoms with Gasteiger partial charge in [0.25, 0.3) is 0 Å². The summed E-state index contributed by atoms with van der Waals surface area (Å²) in [5.41, 5.74) is 12.2. The van der Waals surface area contributed by atoms with Crippen molar-refractivity contribution in [1.82, 2.24) is 23.5 Å². The van der Waals surface area contributed by atoms with Gasteiger partial charge >= 0.3 is 0 Å². The van der Waals surface area contributed by atoms with Crippen molar-refractivity contribution in [2.75, 3.05) is 0 Å². The molecule has 0 bridgehead atoms. The molecule has 9 aromatic carbocycles. The van der Waals surface area contributed by atoms with Gasteiger partial charge in [-0.25, -0.2) is 9.97 Å². The van der Waals surface area contributed by atoms with E-state index < -0.39 is 0 Å². The van der Waals surface area contributed by atoms with Crippen molar-refractivity contribution in [3.8, 4) is 22.9 Å².